The van der Waals surface area contributed by atoms with Crippen LogP contribution in [0.1, 0.15) is 10.4 Å². The van der Waals surface area contributed by atoms with Gasteiger partial charge >= 0.3 is 0 Å². The zero-order valence-corrected chi connectivity index (χ0v) is 13.7. The zero-order valence-electron chi connectivity index (χ0n) is 13.7. The highest BCUT2D eigenvalue weighted by Gasteiger charge is 2.23. The number of piperazine rings is 1. The molecule has 1 amide bonds. The van der Waals surface area contributed by atoms with Crippen molar-refractivity contribution in [3.8, 4) is 5.82 Å². The minimum atomic E-state index is 0.0535. The van der Waals surface area contributed by atoms with Crippen molar-refractivity contribution in [2.75, 3.05) is 31.1 Å². The molecule has 3 aromatic rings. The molecular weight excluding hydrogens is 316 g/mol. The van der Waals surface area contributed by atoms with Gasteiger partial charge in [-0.2, -0.15) is 0 Å². The van der Waals surface area contributed by atoms with Crippen LogP contribution < -0.4 is 4.90 Å². The Bertz CT molecular complexity index is 841. The van der Waals surface area contributed by atoms with E-state index in [4.69, 9.17) is 0 Å². The molecule has 0 N–H and O–H groups in total. The Morgan fingerprint density at radius 3 is 2.32 bits per heavy atom. The predicted molar refractivity (Wildman–Crippen MR) is 93.7 cm³/mol. The van der Waals surface area contributed by atoms with Gasteiger partial charge in [0.1, 0.15) is 18.0 Å². The van der Waals surface area contributed by atoms with Crippen molar-refractivity contribution in [1.29, 1.82) is 0 Å². The molecule has 0 unspecified atom stereocenters. The lowest BCUT2D eigenvalue weighted by atomic mass is 10.2. The molecule has 1 fully saturated rings. The van der Waals surface area contributed by atoms with Crippen molar-refractivity contribution in [2.24, 2.45) is 0 Å². The highest BCUT2D eigenvalue weighted by atomic mass is 16.2. The standard InChI is InChI=1S/C18H18N6O/c25-18(15-3-5-19-6-4-15)24-11-9-23(10-12-24)17-13-16(20-14-21-17)22-7-1-2-8-22/h1-8,13-14H,9-12H2. The first-order valence-electron chi connectivity index (χ1n) is 8.21. The highest BCUT2D eigenvalue weighted by molar-refractivity contribution is 5.94. The van der Waals surface area contributed by atoms with Gasteiger partial charge in [0, 0.05) is 62.6 Å². The third-order valence-electron chi connectivity index (χ3n) is 4.33. The van der Waals surface area contributed by atoms with Crippen molar-refractivity contribution in [1.82, 2.24) is 24.4 Å². The Morgan fingerprint density at radius 1 is 0.920 bits per heavy atom. The summed E-state index contributed by atoms with van der Waals surface area (Å²) in [7, 11) is 0. The number of rotatable bonds is 3. The van der Waals surface area contributed by atoms with Gasteiger partial charge in [-0.3, -0.25) is 9.78 Å². The Hall–Kier alpha value is -3.22. The Labute approximate surface area is 145 Å². The second-order valence-corrected chi connectivity index (χ2v) is 5.84. The third kappa shape index (κ3) is 3.21. The van der Waals surface area contributed by atoms with Crippen molar-refractivity contribution >= 4 is 11.7 Å². The average Bonchev–Trinajstić information content (AvgIpc) is 3.23. The van der Waals surface area contributed by atoms with Crippen LogP contribution in [-0.2, 0) is 0 Å². The molecule has 25 heavy (non-hydrogen) atoms. The second kappa shape index (κ2) is 6.72. The summed E-state index contributed by atoms with van der Waals surface area (Å²) in [5.74, 6) is 1.78. The van der Waals surface area contributed by atoms with Gasteiger partial charge in [0.05, 0.1) is 0 Å². The Kier molecular flexibility index (Phi) is 4.12. The number of pyridine rings is 1. The van der Waals surface area contributed by atoms with Gasteiger partial charge < -0.3 is 14.4 Å². The summed E-state index contributed by atoms with van der Waals surface area (Å²) in [4.78, 5) is 29.2. The van der Waals surface area contributed by atoms with Gasteiger partial charge in [-0.25, -0.2) is 9.97 Å². The summed E-state index contributed by atoms with van der Waals surface area (Å²) in [6, 6.07) is 9.40. The van der Waals surface area contributed by atoms with Gasteiger partial charge in [-0.05, 0) is 24.3 Å². The van der Waals surface area contributed by atoms with E-state index in [9.17, 15) is 4.79 Å². The maximum atomic E-state index is 12.5. The highest BCUT2D eigenvalue weighted by Crippen LogP contribution is 2.17. The van der Waals surface area contributed by atoms with Crippen LogP contribution in [0.5, 0.6) is 0 Å². The zero-order chi connectivity index (χ0) is 17.1. The fraction of sp³-hybridized carbons (Fsp3) is 0.222. The van der Waals surface area contributed by atoms with E-state index in [1.807, 2.05) is 40.1 Å². The molecule has 3 aromatic heterocycles. The number of amides is 1. The monoisotopic (exact) mass is 334 g/mol. The van der Waals surface area contributed by atoms with Crippen LogP contribution in [0.3, 0.4) is 0 Å². The summed E-state index contributed by atoms with van der Waals surface area (Å²) >= 11 is 0. The summed E-state index contributed by atoms with van der Waals surface area (Å²) in [5.41, 5.74) is 0.681. The third-order valence-corrected chi connectivity index (χ3v) is 4.33. The van der Waals surface area contributed by atoms with Crippen LogP contribution in [0, 0.1) is 0 Å². The molecule has 0 bridgehead atoms. The molecule has 1 saturated heterocycles. The molecule has 1 aliphatic heterocycles. The average molecular weight is 334 g/mol. The molecule has 7 nitrogen and oxygen atoms in total. The van der Waals surface area contributed by atoms with Crippen molar-refractivity contribution in [3.05, 3.63) is 67.0 Å². The van der Waals surface area contributed by atoms with E-state index in [0.717, 1.165) is 24.7 Å². The first-order valence-corrected chi connectivity index (χ1v) is 8.21. The maximum absolute atomic E-state index is 12.5. The normalized spacial score (nSPS) is 14.6. The SMILES string of the molecule is O=C(c1ccncc1)N1CCN(c2cc(-n3cccc3)ncn2)CC1. The fourth-order valence-corrected chi connectivity index (χ4v) is 2.95. The number of aromatic nitrogens is 4. The molecule has 7 heteroatoms. The maximum Gasteiger partial charge on any atom is 0.254 e. The number of anilines is 1. The summed E-state index contributed by atoms with van der Waals surface area (Å²) in [5, 5.41) is 0. The molecule has 0 spiro atoms. The summed E-state index contributed by atoms with van der Waals surface area (Å²) < 4.78 is 1.95. The molecule has 0 saturated carbocycles. The first kappa shape index (κ1) is 15.3. The number of carbonyl (C=O) groups excluding carboxylic acids is 1. The van der Waals surface area contributed by atoms with E-state index >= 15 is 0 Å². The lowest BCUT2D eigenvalue weighted by molar-refractivity contribution is 0.0746. The quantitative estimate of drug-likeness (QED) is 0.728. The molecule has 4 rings (SSSR count). The summed E-state index contributed by atoms with van der Waals surface area (Å²) in [6.07, 6.45) is 8.79. The van der Waals surface area contributed by atoms with E-state index in [2.05, 4.69) is 19.9 Å². The van der Waals surface area contributed by atoms with Gasteiger partial charge in [-0.1, -0.05) is 0 Å². The van der Waals surface area contributed by atoms with Gasteiger partial charge in [0.15, 0.2) is 0 Å². The molecule has 126 valence electrons. The molecular formula is C18H18N6O. The topological polar surface area (TPSA) is 67.2 Å². The number of nitrogens with zero attached hydrogens (tertiary/aromatic N) is 6. The van der Waals surface area contributed by atoms with Crippen LogP contribution >= 0.6 is 0 Å². The first-order chi connectivity index (χ1) is 12.3. The lowest BCUT2D eigenvalue weighted by Crippen LogP contribution is -2.49. The van der Waals surface area contributed by atoms with Gasteiger partial charge in [-0.15, -0.1) is 0 Å². The van der Waals surface area contributed by atoms with E-state index < -0.39 is 0 Å². The van der Waals surface area contributed by atoms with Crippen molar-refractivity contribution in [3.63, 3.8) is 0 Å². The Balaban J connectivity index is 1.44. The number of hydrogen-bond acceptors (Lipinski definition) is 5. The second-order valence-electron chi connectivity index (χ2n) is 5.84. The molecule has 0 aliphatic carbocycles. The van der Waals surface area contributed by atoms with E-state index in [1.165, 1.54) is 0 Å². The van der Waals surface area contributed by atoms with Crippen molar-refractivity contribution < 1.29 is 4.79 Å². The molecule has 1 aliphatic rings. The van der Waals surface area contributed by atoms with Crippen LogP contribution in [-0.4, -0.2) is 56.5 Å². The van der Waals surface area contributed by atoms with Gasteiger partial charge in [0.25, 0.3) is 5.91 Å². The predicted octanol–water partition coefficient (Wildman–Crippen LogP) is 1.62. The molecule has 0 atom stereocenters. The molecule has 4 heterocycles. The smallest absolute Gasteiger partial charge is 0.254 e. The van der Waals surface area contributed by atoms with Crippen LogP contribution in [0.15, 0.2) is 61.4 Å². The number of carbonyl (C=O) groups is 1. The summed E-state index contributed by atoms with van der Waals surface area (Å²) in [6.45, 7) is 2.84. The van der Waals surface area contributed by atoms with Gasteiger partial charge in [0.2, 0.25) is 0 Å². The number of hydrogen-bond donors (Lipinski definition) is 0. The Morgan fingerprint density at radius 2 is 1.60 bits per heavy atom. The van der Waals surface area contributed by atoms with E-state index in [1.54, 1.807) is 30.9 Å². The van der Waals surface area contributed by atoms with Crippen LogP contribution in [0.4, 0.5) is 5.82 Å². The minimum absolute atomic E-state index is 0.0535. The van der Waals surface area contributed by atoms with E-state index in [0.29, 0.717) is 18.7 Å². The molecule has 0 aromatic carbocycles. The van der Waals surface area contributed by atoms with E-state index in [-0.39, 0.29) is 5.91 Å². The van der Waals surface area contributed by atoms with Crippen molar-refractivity contribution in [2.45, 2.75) is 0 Å². The lowest BCUT2D eigenvalue weighted by Gasteiger charge is -2.35. The minimum Gasteiger partial charge on any atom is -0.353 e. The van der Waals surface area contributed by atoms with Crippen LogP contribution in [0.25, 0.3) is 5.82 Å². The molecule has 0 radical (unpaired) electrons. The largest absolute Gasteiger partial charge is 0.353 e. The van der Waals surface area contributed by atoms with Crippen LogP contribution in [0.2, 0.25) is 0 Å². The fourth-order valence-electron chi connectivity index (χ4n) is 2.95.